The summed E-state index contributed by atoms with van der Waals surface area (Å²) in [5.74, 6) is -2.39. The first kappa shape index (κ1) is 19.2. The number of alkyl halides is 6. The molecule has 25 heavy (non-hydrogen) atoms. The minimum absolute atomic E-state index is 0.0822. The third-order valence-corrected chi connectivity index (χ3v) is 3.73. The first-order valence-electron chi connectivity index (χ1n) is 7.04. The topological polar surface area (TPSA) is 70.7 Å². The number of hydrazone groups is 1. The highest BCUT2D eigenvalue weighted by atomic mass is 19.4. The number of hydrogen-bond donors (Lipinski definition) is 1. The van der Waals surface area contributed by atoms with Gasteiger partial charge in [-0.1, -0.05) is 6.92 Å². The first-order valence-corrected chi connectivity index (χ1v) is 7.04. The molecule has 0 saturated heterocycles. The molecule has 0 spiro atoms. The van der Waals surface area contributed by atoms with Crippen molar-refractivity contribution in [1.82, 2.24) is 14.8 Å². The van der Waals surface area contributed by atoms with Gasteiger partial charge in [0.2, 0.25) is 5.91 Å². The van der Waals surface area contributed by atoms with Crippen molar-refractivity contribution in [2.24, 2.45) is 11.0 Å². The van der Waals surface area contributed by atoms with E-state index in [2.05, 4.69) is 10.2 Å². The van der Waals surface area contributed by atoms with E-state index in [1.807, 2.05) is 0 Å². The highest BCUT2D eigenvalue weighted by molar-refractivity contribution is 5.82. The zero-order valence-corrected chi connectivity index (χ0v) is 13.1. The van der Waals surface area contributed by atoms with Crippen molar-refractivity contribution in [3.05, 3.63) is 17.5 Å². The SMILES string of the molecule is Cc1cc(C(F)(F)F)nn1CC(C)C(=O)N1N=CCC1(O)C(F)(F)F. The van der Waals surface area contributed by atoms with Crippen LogP contribution in [-0.2, 0) is 17.5 Å². The van der Waals surface area contributed by atoms with Crippen LogP contribution in [0.25, 0.3) is 0 Å². The van der Waals surface area contributed by atoms with Gasteiger partial charge < -0.3 is 5.11 Å². The molecule has 12 heteroatoms. The Kier molecular flexibility index (Phi) is 4.61. The third-order valence-electron chi connectivity index (χ3n) is 3.73. The normalized spacial score (nSPS) is 22.5. The van der Waals surface area contributed by atoms with Gasteiger partial charge >= 0.3 is 12.4 Å². The van der Waals surface area contributed by atoms with E-state index in [1.165, 1.54) is 13.8 Å². The molecule has 1 aromatic rings. The van der Waals surface area contributed by atoms with E-state index in [4.69, 9.17) is 0 Å². The van der Waals surface area contributed by atoms with Crippen LogP contribution in [0.1, 0.15) is 24.7 Å². The van der Waals surface area contributed by atoms with Crippen LogP contribution in [0, 0.1) is 12.8 Å². The van der Waals surface area contributed by atoms with Crippen LogP contribution in [0.5, 0.6) is 0 Å². The maximum absolute atomic E-state index is 13.0. The quantitative estimate of drug-likeness (QED) is 0.828. The van der Waals surface area contributed by atoms with Crippen LogP contribution in [0.3, 0.4) is 0 Å². The van der Waals surface area contributed by atoms with Crippen LogP contribution in [0.15, 0.2) is 11.2 Å². The summed E-state index contributed by atoms with van der Waals surface area (Å²) in [6.07, 6.45) is -9.99. The monoisotopic (exact) mass is 372 g/mol. The van der Waals surface area contributed by atoms with Gasteiger partial charge in [0.25, 0.3) is 5.72 Å². The van der Waals surface area contributed by atoms with Crippen LogP contribution < -0.4 is 0 Å². The maximum Gasteiger partial charge on any atom is 0.438 e. The van der Waals surface area contributed by atoms with E-state index < -0.39 is 48.6 Å². The predicted molar refractivity (Wildman–Crippen MR) is 72.1 cm³/mol. The summed E-state index contributed by atoms with van der Waals surface area (Å²) in [5.41, 5.74) is -4.55. The van der Waals surface area contributed by atoms with Crippen molar-refractivity contribution in [2.45, 2.75) is 44.9 Å². The largest absolute Gasteiger partial charge is 0.438 e. The molecule has 0 bridgehead atoms. The predicted octanol–water partition coefficient (Wildman–Crippen LogP) is 2.32. The van der Waals surface area contributed by atoms with E-state index in [1.54, 1.807) is 0 Å². The summed E-state index contributed by atoms with van der Waals surface area (Å²) in [6.45, 7) is 2.13. The Hall–Kier alpha value is -2.11. The second-order valence-corrected chi connectivity index (χ2v) is 5.72. The number of rotatable bonds is 3. The van der Waals surface area contributed by atoms with E-state index in [0.29, 0.717) is 0 Å². The number of nitrogens with zero attached hydrogens (tertiary/aromatic N) is 4. The molecule has 0 saturated carbocycles. The lowest BCUT2D eigenvalue weighted by Gasteiger charge is -2.33. The lowest BCUT2D eigenvalue weighted by molar-refractivity contribution is -0.303. The molecule has 0 aliphatic carbocycles. The van der Waals surface area contributed by atoms with Gasteiger partial charge in [-0.3, -0.25) is 9.48 Å². The first-order chi connectivity index (χ1) is 11.3. The van der Waals surface area contributed by atoms with Crippen LogP contribution in [0.2, 0.25) is 0 Å². The molecular formula is C13H14F6N4O2. The minimum Gasteiger partial charge on any atom is -0.362 e. The van der Waals surface area contributed by atoms with Gasteiger partial charge in [-0.25, -0.2) is 0 Å². The van der Waals surface area contributed by atoms with Crippen LogP contribution >= 0.6 is 0 Å². The number of carbonyl (C=O) groups is 1. The van der Waals surface area contributed by atoms with Crippen molar-refractivity contribution in [3.8, 4) is 0 Å². The number of aryl methyl sites for hydroxylation is 1. The second kappa shape index (κ2) is 6.00. The second-order valence-electron chi connectivity index (χ2n) is 5.72. The van der Waals surface area contributed by atoms with Gasteiger partial charge in [-0.05, 0) is 13.0 Å². The van der Waals surface area contributed by atoms with E-state index in [-0.39, 0.29) is 10.7 Å². The molecule has 1 aliphatic rings. The Morgan fingerprint density at radius 2 is 1.96 bits per heavy atom. The Bertz CT molecular complexity index is 696. The molecule has 2 rings (SSSR count). The molecule has 0 fully saturated rings. The zero-order valence-electron chi connectivity index (χ0n) is 13.1. The standard InChI is InChI=1S/C13H14F6N4O2/c1-7(6-22-8(2)5-9(21-22)12(14,15)16)10(24)23-11(25,3-4-20-23)13(17,18)19/h4-5,7,25H,3,6H2,1-2H3. The third kappa shape index (κ3) is 3.48. The fraction of sp³-hybridized carbons (Fsp3) is 0.615. The lowest BCUT2D eigenvalue weighted by atomic mass is 10.1. The Morgan fingerprint density at radius 3 is 2.44 bits per heavy atom. The van der Waals surface area contributed by atoms with Crippen LogP contribution in [0.4, 0.5) is 26.3 Å². The fourth-order valence-corrected chi connectivity index (χ4v) is 2.29. The molecule has 6 nitrogen and oxygen atoms in total. The van der Waals surface area contributed by atoms with Crippen molar-refractivity contribution in [2.75, 3.05) is 0 Å². The number of aromatic nitrogens is 2. The number of hydrogen-bond acceptors (Lipinski definition) is 4. The minimum atomic E-state index is -5.13. The van der Waals surface area contributed by atoms with Crippen molar-refractivity contribution in [3.63, 3.8) is 0 Å². The maximum atomic E-state index is 13.0. The smallest absolute Gasteiger partial charge is 0.362 e. The van der Waals surface area contributed by atoms with Gasteiger partial charge in [0.15, 0.2) is 5.69 Å². The highest BCUT2D eigenvalue weighted by Gasteiger charge is 2.61. The summed E-state index contributed by atoms with van der Waals surface area (Å²) in [5, 5.41) is 16.2. The molecule has 2 unspecified atom stereocenters. The molecule has 1 N–H and O–H groups in total. The van der Waals surface area contributed by atoms with Gasteiger partial charge in [-0.2, -0.15) is 41.6 Å². The number of carbonyl (C=O) groups excluding carboxylic acids is 1. The molecule has 1 amide bonds. The zero-order chi connectivity index (χ0) is 19.2. The lowest BCUT2D eigenvalue weighted by Crippen LogP contribution is -2.57. The number of amides is 1. The summed E-state index contributed by atoms with van der Waals surface area (Å²) < 4.78 is 77.7. The number of aliphatic hydroxyl groups is 1. The number of halogens is 6. The van der Waals surface area contributed by atoms with Crippen molar-refractivity contribution >= 4 is 12.1 Å². The molecule has 1 aliphatic heterocycles. The van der Waals surface area contributed by atoms with Crippen molar-refractivity contribution < 1.29 is 36.2 Å². The van der Waals surface area contributed by atoms with Crippen molar-refractivity contribution in [1.29, 1.82) is 0 Å². The van der Waals surface area contributed by atoms with E-state index >= 15 is 0 Å². The molecule has 140 valence electrons. The Labute approximate surface area is 137 Å². The molecule has 0 radical (unpaired) electrons. The van der Waals surface area contributed by atoms with Crippen LogP contribution in [-0.4, -0.2) is 43.9 Å². The molecule has 1 aromatic heterocycles. The summed E-state index contributed by atoms with van der Waals surface area (Å²) in [6, 6.07) is 0.761. The molecule has 2 atom stereocenters. The molecule has 0 aromatic carbocycles. The van der Waals surface area contributed by atoms with Gasteiger partial charge in [0.05, 0.1) is 12.5 Å². The average Bonchev–Trinajstić information content (AvgIpc) is 3.02. The van der Waals surface area contributed by atoms with Gasteiger partial charge in [0, 0.05) is 18.3 Å². The van der Waals surface area contributed by atoms with Gasteiger partial charge in [-0.15, -0.1) is 0 Å². The summed E-state index contributed by atoms with van der Waals surface area (Å²) in [7, 11) is 0. The Balaban J connectivity index is 2.19. The summed E-state index contributed by atoms with van der Waals surface area (Å²) >= 11 is 0. The molecular weight excluding hydrogens is 358 g/mol. The highest BCUT2D eigenvalue weighted by Crippen LogP contribution is 2.39. The molecule has 2 heterocycles. The van der Waals surface area contributed by atoms with Gasteiger partial charge in [0.1, 0.15) is 0 Å². The summed E-state index contributed by atoms with van der Waals surface area (Å²) in [4.78, 5) is 12.2. The fourth-order valence-electron chi connectivity index (χ4n) is 2.29. The van der Waals surface area contributed by atoms with E-state index in [9.17, 15) is 36.2 Å². The van der Waals surface area contributed by atoms with E-state index in [0.717, 1.165) is 17.0 Å². The Morgan fingerprint density at radius 1 is 1.36 bits per heavy atom. The average molecular weight is 372 g/mol.